The number of hydrogen-bond donors (Lipinski definition) is 1. The number of carbonyl (C=O) groups excluding carboxylic acids is 1. The lowest BCUT2D eigenvalue weighted by atomic mass is 10.1. The Morgan fingerprint density at radius 2 is 1.79 bits per heavy atom. The van der Waals surface area contributed by atoms with Crippen molar-refractivity contribution in [2.75, 3.05) is 33.0 Å². The van der Waals surface area contributed by atoms with E-state index >= 15 is 0 Å². The van der Waals surface area contributed by atoms with Gasteiger partial charge in [-0.1, -0.05) is 5.92 Å². The summed E-state index contributed by atoms with van der Waals surface area (Å²) >= 11 is 0. The van der Waals surface area contributed by atoms with Gasteiger partial charge in [-0.05, 0) is 26.7 Å². The molecular weight excluding hydrogens is 426 g/mol. The van der Waals surface area contributed by atoms with E-state index < -0.39 is 5.60 Å². The van der Waals surface area contributed by atoms with Crippen molar-refractivity contribution in [3.05, 3.63) is 29.7 Å². The van der Waals surface area contributed by atoms with E-state index in [0.29, 0.717) is 47.1 Å². The van der Waals surface area contributed by atoms with Crippen molar-refractivity contribution in [2.24, 2.45) is 0 Å². The maximum Gasteiger partial charge on any atom is 0.410 e. The molecule has 33 heavy (non-hydrogen) atoms. The van der Waals surface area contributed by atoms with Gasteiger partial charge in [-0.3, -0.25) is 0 Å². The largest absolute Gasteiger partial charge is 0.481 e. The average Bonchev–Trinajstić information content (AvgIpc) is 3.09. The van der Waals surface area contributed by atoms with Crippen molar-refractivity contribution in [2.45, 2.75) is 32.4 Å². The van der Waals surface area contributed by atoms with E-state index in [1.54, 1.807) is 21.7 Å². The van der Waals surface area contributed by atoms with E-state index in [1.165, 1.54) is 20.5 Å². The second-order valence-corrected chi connectivity index (χ2v) is 8.48. The quantitative estimate of drug-likeness (QED) is 0.594. The van der Waals surface area contributed by atoms with Crippen molar-refractivity contribution < 1.29 is 19.0 Å². The van der Waals surface area contributed by atoms with Crippen molar-refractivity contribution in [1.29, 1.82) is 0 Å². The zero-order chi connectivity index (χ0) is 23.8. The molecule has 0 saturated carbocycles. The predicted molar refractivity (Wildman–Crippen MR) is 120 cm³/mol. The van der Waals surface area contributed by atoms with Crippen LogP contribution in [0.1, 0.15) is 38.1 Å². The number of nitrogens with two attached hydrogens (primary N) is 1. The van der Waals surface area contributed by atoms with Crippen LogP contribution in [0.25, 0.3) is 11.0 Å². The van der Waals surface area contributed by atoms with Gasteiger partial charge in [0, 0.05) is 30.8 Å². The molecule has 0 bridgehead atoms. The highest BCUT2D eigenvalue weighted by Crippen LogP contribution is 2.29. The number of likely N-dealkylation sites (tertiary alicyclic amines) is 1. The van der Waals surface area contributed by atoms with Crippen LogP contribution in [0.4, 0.5) is 10.6 Å². The van der Waals surface area contributed by atoms with E-state index in [9.17, 15) is 4.79 Å². The smallest absolute Gasteiger partial charge is 0.410 e. The first-order valence-corrected chi connectivity index (χ1v) is 10.3. The normalized spacial score (nSPS) is 13.8. The van der Waals surface area contributed by atoms with Gasteiger partial charge in [0.25, 0.3) is 0 Å². The number of nitrogens with zero attached hydrogens (tertiary/aromatic N) is 6. The summed E-state index contributed by atoms with van der Waals surface area (Å²) in [6.07, 6.45) is 1.03. The number of rotatable bonds is 3. The molecule has 0 radical (unpaired) electrons. The third kappa shape index (κ3) is 4.59. The molecule has 2 N–H and O–H groups in total. The first-order valence-electron chi connectivity index (χ1n) is 10.3. The van der Waals surface area contributed by atoms with E-state index in [2.05, 4.69) is 31.9 Å². The minimum absolute atomic E-state index is 0.0778. The Morgan fingerprint density at radius 3 is 2.39 bits per heavy atom. The fraction of sp³-hybridized carbons (Fsp3) is 0.409. The van der Waals surface area contributed by atoms with Crippen LogP contribution < -0.4 is 15.2 Å². The minimum Gasteiger partial charge on any atom is -0.481 e. The Kier molecular flexibility index (Phi) is 5.68. The molecule has 0 unspecified atom stereocenters. The Balaban J connectivity index is 1.64. The summed E-state index contributed by atoms with van der Waals surface area (Å²) in [5.74, 6) is 7.15. The molecule has 1 aliphatic heterocycles. The standard InChI is InChI=1S/C22H25N7O4/c1-22(2,3)33-21(30)28-10-14(11-28)29-20-18(19(23)24-12-25-20)15(27-29)7-6-13-8-16(31-4)26-17(9-13)32-5/h8-9,12,14H,10-11H2,1-5H3,(H2,23,24,25). The number of anilines is 1. The molecule has 3 aromatic heterocycles. The third-order valence-electron chi connectivity index (χ3n) is 4.90. The summed E-state index contributed by atoms with van der Waals surface area (Å²) in [7, 11) is 3.04. The lowest BCUT2D eigenvalue weighted by molar-refractivity contribution is 0.0000738. The summed E-state index contributed by atoms with van der Waals surface area (Å²) < 4.78 is 17.6. The van der Waals surface area contributed by atoms with Crippen LogP contribution in [0.15, 0.2) is 18.5 Å². The first-order chi connectivity index (χ1) is 15.7. The molecule has 3 aromatic rings. The molecule has 11 heteroatoms. The molecule has 0 aromatic carbocycles. The molecule has 1 amide bonds. The van der Waals surface area contributed by atoms with Crippen LogP contribution >= 0.6 is 0 Å². The van der Waals surface area contributed by atoms with Crippen LogP contribution in [-0.2, 0) is 4.74 Å². The number of fused-ring (bicyclic) bond motifs is 1. The highest BCUT2D eigenvalue weighted by atomic mass is 16.6. The highest BCUT2D eigenvalue weighted by Gasteiger charge is 2.36. The number of hydrogen-bond acceptors (Lipinski definition) is 9. The van der Waals surface area contributed by atoms with Gasteiger partial charge in [0.05, 0.1) is 25.6 Å². The second kappa shape index (κ2) is 8.46. The monoisotopic (exact) mass is 451 g/mol. The Bertz CT molecular complexity index is 1240. The fourth-order valence-electron chi connectivity index (χ4n) is 3.32. The van der Waals surface area contributed by atoms with Crippen LogP contribution in [0, 0.1) is 11.8 Å². The lowest BCUT2D eigenvalue weighted by Gasteiger charge is -2.39. The number of amides is 1. The van der Waals surface area contributed by atoms with Crippen LogP contribution in [0.2, 0.25) is 0 Å². The number of aromatic nitrogens is 5. The molecule has 1 saturated heterocycles. The minimum atomic E-state index is -0.552. The Morgan fingerprint density at radius 1 is 1.12 bits per heavy atom. The maximum absolute atomic E-state index is 12.3. The zero-order valence-electron chi connectivity index (χ0n) is 19.1. The number of pyridine rings is 1. The summed E-state index contributed by atoms with van der Waals surface area (Å²) in [6.45, 7) is 6.40. The summed E-state index contributed by atoms with van der Waals surface area (Å²) in [5.41, 5.74) is 7.21. The van der Waals surface area contributed by atoms with Gasteiger partial charge >= 0.3 is 6.09 Å². The topological polar surface area (TPSA) is 131 Å². The van der Waals surface area contributed by atoms with Crippen molar-refractivity contribution in [3.8, 4) is 23.6 Å². The molecular formula is C22H25N7O4. The fourth-order valence-corrected chi connectivity index (χ4v) is 3.32. The number of methoxy groups -OCH3 is 2. The number of nitrogen functional groups attached to an aromatic ring is 1. The van der Waals surface area contributed by atoms with Gasteiger partial charge in [-0.2, -0.15) is 10.1 Å². The van der Waals surface area contributed by atoms with Gasteiger partial charge < -0.3 is 24.8 Å². The molecule has 172 valence electrons. The molecule has 11 nitrogen and oxygen atoms in total. The van der Waals surface area contributed by atoms with Crippen LogP contribution in [0.3, 0.4) is 0 Å². The van der Waals surface area contributed by atoms with Gasteiger partial charge in [0.2, 0.25) is 11.8 Å². The molecule has 1 aliphatic rings. The van der Waals surface area contributed by atoms with Crippen molar-refractivity contribution in [3.63, 3.8) is 0 Å². The van der Waals surface area contributed by atoms with E-state index in [1.807, 2.05) is 20.8 Å². The summed E-state index contributed by atoms with van der Waals surface area (Å²) in [5, 5.41) is 5.21. The average molecular weight is 451 g/mol. The summed E-state index contributed by atoms with van der Waals surface area (Å²) in [6, 6.07) is 3.31. The van der Waals surface area contributed by atoms with Gasteiger partial charge in [-0.15, -0.1) is 0 Å². The Hall–Kier alpha value is -4.07. The third-order valence-corrected chi connectivity index (χ3v) is 4.90. The SMILES string of the molecule is COc1cc(C#Cc2nn(C3CN(C(=O)OC(C)(C)C)C3)c3ncnc(N)c23)cc(OC)n1. The van der Waals surface area contributed by atoms with E-state index in [0.717, 1.165) is 0 Å². The second-order valence-electron chi connectivity index (χ2n) is 8.48. The first kappa shape index (κ1) is 22.1. The lowest BCUT2D eigenvalue weighted by Crippen LogP contribution is -2.52. The van der Waals surface area contributed by atoms with Gasteiger partial charge in [0.1, 0.15) is 23.4 Å². The van der Waals surface area contributed by atoms with Crippen LogP contribution in [0.5, 0.6) is 11.8 Å². The Labute approximate surface area is 190 Å². The molecule has 4 rings (SSSR count). The molecule has 4 heterocycles. The number of ether oxygens (including phenoxy) is 3. The molecule has 1 fully saturated rings. The molecule has 0 atom stereocenters. The maximum atomic E-state index is 12.3. The van der Waals surface area contributed by atoms with Gasteiger partial charge in [0.15, 0.2) is 5.65 Å². The molecule has 0 spiro atoms. The van der Waals surface area contributed by atoms with E-state index in [-0.39, 0.29) is 18.0 Å². The predicted octanol–water partition coefficient (Wildman–Crippen LogP) is 2.01. The van der Waals surface area contributed by atoms with Crippen molar-refractivity contribution in [1.82, 2.24) is 29.6 Å². The van der Waals surface area contributed by atoms with E-state index in [4.69, 9.17) is 19.9 Å². The van der Waals surface area contributed by atoms with Crippen molar-refractivity contribution >= 4 is 22.9 Å². The van der Waals surface area contributed by atoms with Gasteiger partial charge in [-0.25, -0.2) is 19.4 Å². The number of carbonyl (C=O) groups is 1. The molecule has 0 aliphatic carbocycles. The highest BCUT2D eigenvalue weighted by molar-refractivity contribution is 5.90. The summed E-state index contributed by atoms with van der Waals surface area (Å²) in [4.78, 5) is 26.5. The zero-order valence-corrected chi connectivity index (χ0v) is 19.1. The van der Waals surface area contributed by atoms with Crippen LogP contribution in [-0.4, -0.2) is 68.6 Å².